The van der Waals surface area contributed by atoms with Crippen molar-refractivity contribution in [2.75, 3.05) is 0 Å². The topological polar surface area (TPSA) is 0 Å². The summed E-state index contributed by atoms with van der Waals surface area (Å²) in [5, 5.41) is 0. The van der Waals surface area contributed by atoms with Crippen LogP contribution in [-0.4, -0.2) is 3.81 Å². The van der Waals surface area contributed by atoms with E-state index in [9.17, 15) is 0 Å². The van der Waals surface area contributed by atoms with E-state index < -0.39 is 0 Å². The van der Waals surface area contributed by atoms with Crippen LogP contribution in [0.2, 0.25) is 0 Å². The van der Waals surface area contributed by atoms with Crippen LogP contribution in [0.4, 0.5) is 0 Å². The molecule has 0 saturated carbocycles. The summed E-state index contributed by atoms with van der Waals surface area (Å²) in [6.07, 6.45) is 0. The maximum atomic E-state index is 2.21. The van der Waals surface area contributed by atoms with Gasteiger partial charge in [-0.15, -0.1) is 0 Å². The Morgan fingerprint density at radius 2 is 0.692 bits per heavy atom. The van der Waals surface area contributed by atoms with Gasteiger partial charge in [0.1, 0.15) is 0 Å². The summed E-state index contributed by atoms with van der Waals surface area (Å²) in [7, 11) is 0. The van der Waals surface area contributed by atoms with Crippen LogP contribution < -0.4 is 0 Å². The van der Waals surface area contributed by atoms with Crippen LogP contribution in [0.25, 0.3) is 22.3 Å². The third kappa shape index (κ3) is 3.67. The third-order valence-electron chi connectivity index (χ3n) is 4.56. The van der Waals surface area contributed by atoms with Gasteiger partial charge < -0.3 is 0 Å². The molecule has 26 heavy (non-hydrogen) atoms. The minimum absolute atomic E-state index is 1.25. The Kier molecular flexibility index (Phi) is 5.06. The second-order valence-electron chi connectivity index (χ2n) is 6.26. The summed E-state index contributed by atoms with van der Waals surface area (Å²) in [6, 6.07) is 38.6. The summed E-state index contributed by atoms with van der Waals surface area (Å²) in [6.45, 7) is 0. The molecule has 4 aromatic carbocycles. The molecule has 0 spiro atoms. The van der Waals surface area contributed by atoms with Gasteiger partial charge in [0.15, 0.2) is 0 Å². The summed E-state index contributed by atoms with van der Waals surface area (Å²) in [5.41, 5.74) is 7.53. The van der Waals surface area contributed by atoms with Gasteiger partial charge in [-0.25, -0.2) is 0 Å². The zero-order valence-corrected chi connectivity index (χ0v) is 16.0. The van der Waals surface area contributed by atoms with Crippen molar-refractivity contribution in [3.8, 4) is 22.3 Å². The zero-order valence-electron chi connectivity index (χ0n) is 14.4. The number of rotatable bonds is 4. The maximum absolute atomic E-state index is 2.21. The van der Waals surface area contributed by atoms with Crippen LogP contribution in [0.15, 0.2) is 109 Å². The first-order chi connectivity index (χ1) is 12.8. The molecule has 4 aromatic rings. The fourth-order valence-corrected chi connectivity index (χ4v) is 3.61. The molecule has 0 aliphatic rings. The van der Waals surface area contributed by atoms with Gasteiger partial charge >= 0.3 is 166 Å². The Balaban J connectivity index is 1.56. The van der Waals surface area contributed by atoms with E-state index in [0.717, 1.165) is 0 Å². The van der Waals surface area contributed by atoms with Crippen molar-refractivity contribution in [1.82, 2.24) is 0 Å². The average molecular weight is 366 g/mol. The van der Waals surface area contributed by atoms with Crippen molar-refractivity contribution >= 4 is 3.81 Å². The Bertz CT molecular complexity index is 914. The first-order valence-corrected chi connectivity index (χ1v) is 9.49. The fraction of sp³-hybridized carbons (Fsp3) is 0. The molecule has 0 heterocycles. The van der Waals surface area contributed by atoms with Crippen LogP contribution in [0.1, 0.15) is 11.1 Å². The van der Waals surface area contributed by atoms with Gasteiger partial charge in [0.2, 0.25) is 0 Å². The molecule has 0 fully saturated rings. The molecule has 120 valence electrons. The van der Waals surface area contributed by atoms with E-state index >= 15 is 0 Å². The van der Waals surface area contributed by atoms with Gasteiger partial charge in [0.05, 0.1) is 0 Å². The summed E-state index contributed by atoms with van der Waals surface area (Å²) in [5.74, 6) is 0. The molecule has 1 heteroatoms. The van der Waals surface area contributed by atoms with Gasteiger partial charge in [0, 0.05) is 0 Å². The summed E-state index contributed by atoms with van der Waals surface area (Å²) in [4.78, 5) is 0. The Morgan fingerprint density at radius 1 is 0.385 bits per heavy atom. The van der Waals surface area contributed by atoms with Crippen LogP contribution in [-0.2, 0) is 20.0 Å². The van der Waals surface area contributed by atoms with Gasteiger partial charge in [-0.2, -0.15) is 0 Å². The van der Waals surface area contributed by atoms with Crippen molar-refractivity contribution in [2.45, 2.75) is 0 Å². The standard InChI is InChI=1S/C25H18.Ti/c1-3-7-22(8-4-1)24-15-11-20(12-16-24)19-21-13-17-25(18-14-21)23-9-5-2-6-10-23;/h1-18H;/q;+2. The molecule has 0 N–H and O–H groups in total. The fourth-order valence-electron chi connectivity index (χ4n) is 3.09. The van der Waals surface area contributed by atoms with Crippen LogP contribution in [0, 0.1) is 0 Å². The van der Waals surface area contributed by atoms with Gasteiger partial charge in [0.25, 0.3) is 0 Å². The van der Waals surface area contributed by atoms with E-state index in [1.54, 1.807) is 0 Å². The second kappa shape index (κ2) is 7.78. The molecule has 0 aliphatic carbocycles. The second-order valence-corrected chi connectivity index (χ2v) is 7.04. The number of hydrogen-bond donors (Lipinski definition) is 0. The Morgan fingerprint density at radius 3 is 1.04 bits per heavy atom. The molecule has 0 aliphatic heterocycles. The van der Waals surface area contributed by atoms with Gasteiger partial charge in [-0.3, -0.25) is 0 Å². The quantitative estimate of drug-likeness (QED) is 0.381. The molecular weight excluding hydrogens is 348 g/mol. The summed E-state index contributed by atoms with van der Waals surface area (Å²) >= 11 is 2.19. The van der Waals surface area contributed by atoms with Gasteiger partial charge in [-0.05, 0) is 0 Å². The van der Waals surface area contributed by atoms with Gasteiger partial charge in [-0.1, -0.05) is 0 Å². The van der Waals surface area contributed by atoms with Crippen molar-refractivity contribution in [2.24, 2.45) is 0 Å². The number of benzene rings is 4. The molecule has 0 nitrogen and oxygen atoms in total. The monoisotopic (exact) mass is 366 g/mol. The van der Waals surface area contributed by atoms with Crippen LogP contribution >= 0.6 is 0 Å². The predicted octanol–water partition coefficient (Wildman–Crippen LogP) is 6.14. The molecule has 0 aromatic heterocycles. The van der Waals surface area contributed by atoms with E-state index in [-0.39, 0.29) is 0 Å². The Labute approximate surface area is 166 Å². The van der Waals surface area contributed by atoms with E-state index in [1.807, 2.05) is 0 Å². The normalized spacial score (nSPS) is 10.5. The van der Waals surface area contributed by atoms with Crippen molar-refractivity contribution in [3.63, 3.8) is 0 Å². The van der Waals surface area contributed by atoms with Crippen molar-refractivity contribution in [1.29, 1.82) is 0 Å². The first-order valence-electron chi connectivity index (χ1n) is 8.71. The van der Waals surface area contributed by atoms with Crippen LogP contribution in [0.5, 0.6) is 0 Å². The minimum atomic E-state index is 1.25. The molecule has 0 unspecified atom stereocenters. The van der Waals surface area contributed by atoms with E-state index in [2.05, 4.69) is 129 Å². The predicted molar refractivity (Wildman–Crippen MR) is 107 cm³/mol. The molecule has 0 bridgehead atoms. The summed E-state index contributed by atoms with van der Waals surface area (Å²) < 4.78 is 1.30. The average Bonchev–Trinajstić information content (AvgIpc) is 2.75. The zero-order chi connectivity index (χ0) is 17.8. The van der Waals surface area contributed by atoms with E-state index in [0.29, 0.717) is 0 Å². The van der Waals surface area contributed by atoms with E-state index in [4.69, 9.17) is 0 Å². The molecule has 0 amide bonds. The Hall–Kier alpha value is -2.54. The SMILES string of the molecule is [Ti+2]=[C](c1ccc(-c2ccccc2)cc1)c1ccc(-c2ccccc2)cc1. The molecule has 0 radical (unpaired) electrons. The van der Waals surface area contributed by atoms with Crippen molar-refractivity contribution < 1.29 is 20.0 Å². The molecule has 0 atom stereocenters. The molecular formula is C25H18Ti+2. The number of hydrogen-bond acceptors (Lipinski definition) is 0. The van der Waals surface area contributed by atoms with Crippen molar-refractivity contribution in [3.05, 3.63) is 120 Å². The molecule has 4 rings (SSSR count). The van der Waals surface area contributed by atoms with Crippen LogP contribution in [0.3, 0.4) is 0 Å². The van der Waals surface area contributed by atoms with E-state index in [1.165, 1.54) is 37.2 Å². The third-order valence-corrected chi connectivity index (χ3v) is 5.46. The molecule has 0 saturated heterocycles. The first kappa shape index (κ1) is 16.9.